The van der Waals surface area contributed by atoms with Gasteiger partial charge in [0.1, 0.15) is 11.9 Å². The van der Waals surface area contributed by atoms with E-state index in [4.69, 9.17) is 4.74 Å². The maximum absolute atomic E-state index is 10.5. The van der Waals surface area contributed by atoms with Gasteiger partial charge >= 0.3 is 5.00 Å². The van der Waals surface area contributed by atoms with Gasteiger partial charge in [-0.15, -0.1) is 0 Å². The maximum atomic E-state index is 10.5. The van der Waals surface area contributed by atoms with Gasteiger partial charge in [-0.05, 0) is 35.5 Å². The van der Waals surface area contributed by atoms with Crippen LogP contribution in [0.2, 0.25) is 0 Å². The Balaban J connectivity index is 1.83. The van der Waals surface area contributed by atoms with Gasteiger partial charge < -0.3 is 10.1 Å². The molecule has 0 bridgehead atoms. The summed E-state index contributed by atoms with van der Waals surface area (Å²) in [5.41, 5.74) is 1.17. The molecule has 0 aliphatic carbocycles. The van der Waals surface area contributed by atoms with Crippen molar-refractivity contribution in [3.8, 4) is 5.75 Å². The number of thiazole rings is 1. The number of nitro groups is 1. The van der Waals surface area contributed by atoms with E-state index in [1.54, 1.807) is 7.11 Å². The summed E-state index contributed by atoms with van der Waals surface area (Å²) >= 11 is 1.04. The Morgan fingerprint density at radius 1 is 1.42 bits per heavy atom. The average molecular weight is 279 g/mol. The first kappa shape index (κ1) is 13.3. The molecular formula is C12H13N3O3S. The number of benzene rings is 1. The third-order valence-corrected chi connectivity index (χ3v) is 3.43. The van der Waals surface area contributed by atoms with E-state index < -0.39 is 4.92 Å². The highest BCUT2D eigenvalue weighted by Gasteiger charge is 2.10. The van der Waals surface area contributed by atoms with Gasteiger partial charge in [0.05, 0.1) is 12.0 Å². The Kier molecular flexibility index (Phi) is 4.30. The molecule has 0 radical (unpaired) electrons. The Labute approximate surface area is 114 Å². The van der Waals surface area contributed by atoms with Gasteiger partial charge in [-0.2, -0.15) is 0 Å². The lowest BCUT2D eigenvalue weighted by Gasteiger charge is -2.04. The van der Waals surface area contributed by atoms with Gasteiger partial charge in [0, 0.05) is 6.54 Å². The van der Waals surface area contributed by atoms with Crippen LogP contribution in [-0.2, 0) is 6.42 Å². The number of anilines is 1. The van der Waals surface area contributed by atoms with Gasteiger partial charge in [0.2, 0.25) is 0 Å². The summed E-state index contributed by atoms with van der Waals surface area (Å²) in [5, 5.41) is 14.2. The molecule has 0 saturated heterocycles. The molecule has 0 fully saturated rings. The number of hydrogen-bond acceptors (Lipinski definition) is 6. The van der Waals surface area contributed by atoms with Crippen molar-refractivity contribution in [1.29, 1.82) is 0 Å². The number of methoxy groups -OCH3 is 1. The van der Waals surface area contributed by atoms with Crippen LogP contribution in [-0.4, -0.2) is 23.6 Å². The highest BCUT2D eigenvalue weighted by Crippen LogP contribution is 2.24. The van der Waals surface area contributed by atoms with E-state index in [2.05, 4.69) is 10.3 Å². The predicted octanol–water partition coefficient (Wildman–Crippen LogP) is 2.71. The fraction of sp³-hybridized carbons (Fsp3) is 0.250. The summed E-state index contributed by atoms with van der Waals surface area (Å²) in [6.07, 6.45) is 2.08. The molecule has 2 rings (SSSR count). The SMILES string of the molecule is COc1ccc(CCNc2ncc([N+](=O)[O-])s2)cc1. The highest BCUT2D eigenvalue weighted by molar-refractivity contribution is 7.18. The Morgan fingerprint density at radius 3 is 2.74 bits per heavy atom. The number of nitrogens with one attached hydrogen (secondary N) is 1. The minimum atomic E-state index is -0.438. The minimum Gasteiger partial charge on any atom is -0.497 e. The lowest BCUT2D eigenvalue weighted by Crippen LogP contribution is -2.04. The first-order valence-corrected chi connectivity index (χ1v) is 6.47. The van der Waals surface area contributed by atoms with Crippen molar-refractivity contribution >= 4 is 21.5 Å². The smallest absolute Gasteiger partial charge is 0.345 e. The van der Waals surface area contributed by atoms with E-state index in [1.807, 2.05) is 24.3 Å². The van der Waals surface area contributed by atoms with Crippen LogP contribution in [0.1, 0.15) is 5.56 Å². The molecule has 1 aromatic carbocycles. The third-order valence-electron chi connectivity index (χ3n) is 2.52. The van der Waals surface area contributed by atoms with Crippen LogP contribution < -0.4 is 10.1 Å². The van der Waals surface area contributed by atoms with Gasteiger partial charge in [0.15, 0.2) is 5.13 Å². The van der Waals surface area contributed by atoms with E-state index >= 15 is 0 Å². The zero-order chi connectivity index (χ0) is 13.7. The normalized spacial score (nSPS) is 10.2. The predicted molar refractivity (Wildman–Crippen MR) is 74.0 cm³/mol. The first-order chi connectivity index (χ1) is 9.19. The molecule has 0 unspecified atom stereocenters. The fourth-order valence-electron chi connectivity index (χ4n) is 1.54. The number of rotatable bonds is 6. The van der Waals surface area contributed by atoms with Crippen molar-refractivity contribution in [2.24, 2.45) is 0 Å². The summed E-state index contributed by atoms with van der Waals surface area (Å²) in [6, 6.07) is 7.79. The zero-order valence-corrected chi connectivity index (χ0v) is 11.1. The standard InChI is InChI=1S/C12H13N3O3S/c1-18-10-4-2-9(3-5-10)6-7-13-12-14-8-11(19-12)15(16)17/h2-5,8H,6-7H2,1H3,(H,13,14). The van der Waals surface area contributed by atoms with Crippen molar-refractivity contribution in [3.05, 3.63) is 46.1 Å². The second kappa shape index (κ2) is 6.14. The molecule has 0 spiro atoms. The van der Waals surface area contributed by atoms with Gasteiger partial charge in [-0.1, -0.05) is 12.1 Å². The molecule has 1 heterocycles. The number of hydrogen-bond donors (Lipinski definition) is 1. The molecular weight excluding hydrogens is 266 g/mol. The topological polar surface area (TPSA) is 77.3 Å². The van der Waals surface area contributed by atoms with E-state index in [9.17, 15) is 10.1 Å². The van der Waals surface area contributed by atoms with Crippen LogP contribution in [0.4, 0.5) is 10.1 Å². The third kappa shape index (κ3) is 3.65. The molecule has 1 N–H and O–H groups in total. The first-order valence-electron chi connectivity index (χ1n) is 5.66. The largest absolute Gasteiger partial charge is 0.497 e. The second-order valence-electron chi connectivity index (χ2n) is 3.79. The van der Waals surface area contributed by atoms with Crippen LogP contribution in [0.15, 0.2) is 30.5 Å². The van der Waals surface area contributed by atoms with Crippen molar-refractivity contribution in [3.63, 3.8) is 0 Å². The summed E-state index contributed by atoms with van der Waals surface area (Å²) < 4.78 is 5.08. The molecule has 0 saturated carbocycles. The second-order valence-corrected chi connectivity index (χ2v) is 4.79. The molecule has 0 aliphatic rings. The van der Waals surface area contributed by atoms with Crippen molar-refractivity contribution in [2.45, 2.75) is 6.42 Å². The lowest BCUT2D eigenvalue weighted by atomic mass is 10.1. The summed E-state index contributed by atoms with van der Waals surface area (Å²) in [7, 11) is 1.63. The van der Waals surface area contributed by atoms with Crippen molar-refractivity contribution in [2.75, 3.05) is 19.0 Å². The van der Waals surface area contributed by atoms with E-state index in [1.165, 1.54) is 11.8 Å². The molecule has 0 amide bonds. The van der Waals surface area contributed by atoms with Gasteiger partial charge in [-0.25, -0.2) is 4.98 Å². The van der Waals surface area contributed by atoms with Gasteiger partial charge in [-0.3, -0.25) is 10.1 Å². The number of nitrogens with zero attached hydrogens (tertiary/aromatic N) is 2. The van der Waals surface area contributed by atoms with Crippen LogP contribution in [0, 0.1) is 10.1 Å². The van der Waals surface area contributed by atoms with Crippen LogP contribution in [0.3, 0.4) is 0 Å². The Hall–Kier alpha value is -2.15. The molecule has 100 valence electrons. The van der Waals surface area contributed by atoms with E-state index in [0.29, 0.717) is 11.7 Å². The molecule has 1 aromatic heterocycles. The summed E-state index contributed by atoms with van der Waals surface area (Å²) in [4.78, 5) is 14.0. The minimum absolute atomic E-state index is 0.0481. The molecule has 0 aliphatic heterocycles. The molecule has 7 heteroatoms. The van der Waals surface area contributed by atoms with Crippen LogP contribution >= 0.6 is 11.3 Å². The molecule has 19 heavy (non-hydrogen) atoms. The van der Waals surface area contributed by atoms with Crippen LogP contribution in [0.5, 0.6) is 5.75 Å². The maximum Gasteiger partial charge on any atom is 0.345 e. The number of aromatic nitrogens is 1. The Morgan fingerprint density at radius 2 is 2.16 bits per heavy atom. The highest BCUT2D eigenvalue weighted by atomic mass is 32.1. The quantitative estimate of drug-likeness (QED) is 0.649. The monoisotopic (exact) mass is 279 g/mol. The Bertz CT molecular complexity index is 554. The zero-order valence-electron chi connectivity index (χ0n) is 10.3. The van der Waals surface area contributed by atoms with E-state index in [0.717, 1.165) is 23.5 Å². The summed E-state index contributed by atoms with van der Waals surface area (Å²) in [6.45, 7) is 0.678. The summed E-state index contributed by atoms with van der Waals surface area (Å²) in [5.74, 6) is 0.826. The number of ether oxygens (including phenoxy) is 1. The fourth-order valence-corrected chi connectivity index (χ4v) is 2.20. The van der Waals surface area contributed by atoms with Crippen LogP contribution in [0.25, 0.3) is 0 Å². The van der Waals surface area contributed by atoms with Crippen molar-refractivity contribution in [1.82, 2.24) is 4.98 Å². The molecule has 6 nitrogen and oxygen atoms in total. The molecule has 0 atom stereocenters. The average Bonchev–Trinajstić information content (AvgIpc) is 2.89. The van der Waals surface area contributed by atoms with Gasteiger partial charge in [0.25, 0.3) is 0 Å². The van der Waals surface area contributed by atoms with E-state index in [-0.39, 0.29) is 5.00 Å². The molecule has 2 aromatic rings. The van der Waals surface area contributed by atoms with Crippen molar-refractivity contribution < 1.29 is 9.66 Å². The lowest BCUT2D eigenvalue weighted by molar-refractivity contribution is -0.380.